The van der Waals surface area contributed by atoms with E-state index in [0.717, 1.165) is 39.0 Å². The van der Waals surface area contributed by atoms with Crippen molar-refractivity contribution in [2.45, 2.75) is 113 Å². The molecule has 0 amide bonds. The smallest absolute Gasteiger partial charge is 0.217 e. The van der Waals surface area contributed by atoms with Crippen molar-refractivity contribution >= 4 is 49.6 Å². The Labute approximate surface area is 377 Å². The van der Waals surface area contributed by atoms with Crippen molar-refractivity contribution in [2.75, 3.05) is 0 Å². The monoisotopic (exact) mass is 838 g/mol. The molecule has 2 atom stereocenters. The molecule has 5 heteroatoms. The minimum atomic E-state index is -0.674. The van der Waals surface area contributed by atoms with Gasteiger partial charge in [-0.2, -0.15) is 0 Å². The van der Waals surface area contributed by atoms with Gasteiger partial charge in [0.15, 0.2) is 5.60 Å². The van der Waals surface area contributed by atoms with Crippen LogP contribution >= 0.6 is 0 Å². The van der Waals surface area contributed by atoms with Crippen LogP contribution in [0.15, 0.2) is 108 Å². The third kappa shape index (κ3) is 5.68. The normalized spacial score (nSPS) is 17.1. The maximum absolute atomic E-state index is 7.39. The quantitative estimate of drug-likeness (QED) is 0.177. The Morgan fingerprint density at radius 1 is 0.625 bits per heavy atom. The summed E-state index contributed by atoms with van der Waals surface area (Å²) in [5, 5.41) is 4.83. The van der Waals surface area contributed by atoms with Gasteiger partial charge in [0.2, 0.25) is 5.90 Å². The molecule has 4 heterocycles. The fourth-order valence-electron chi connectivity index (χ4n) is 11.0. The minimum Gasteiger partial charge on any atom is -0.464 e. The highest BCUT2D eigenvalue weighted by atomic mass is 16.5. The van der Waals surface area contributed by atoms with Crippen LogP contribution in [0.4, 0.5) is 0 Å². The molecule has 0 bridgehead atoms. The van der Waals surface area contributed by atoms with Crippen molar-refractivity contribution in [3.8, 4) is 22.5 Å². The maximum atomic E-state index is 7.39. The van der Waals surface area contributed by atoms with E-state index in [1.165, 1.54) is 94.0 Å². The molecule has 64 heavy (non-hydrogen) atoms. The summed E-state index contributed by atoms with van der Waals surface area (Å²) < 4.78 is 12.2. The van der Waals surface area contributed by atoms with Gasteiger partial charge in [0.1, 0.15) is 11.7 Å². The zero-order valence-corrected chi connectivity index (χ0v) is 39.7. The van der Waals surface area contributed by atoms with E-state index in [4.69, 9.17) is 14.7 Å². The van der Waals surface area contributed by atoms with Gasteiger partial charge in [-0.05, 0) is 195 Å². The SMILES string of the molecule is Cc1ccc2c(c1)c1ccc(-n3c4ccc(C(C)(C)C)cc4c4cccnc43)cc1n2-c1cc(C2=N[C@@H]3c4cc(C)c(C)c(C)c4-c4c(cc(C)c(C)c4C)[C@]3(C)O2)cc(C(C)C)c1. The summed E-state index contributed by atoms with van der Waals surface area (Å²) in [5.41, 5.74) is 23.8. The number of aromatic nitrogens is 3. The molecular weight excluding hydrogens is 781 g/mol. The molecule has 11 rings (SSSR count). The first-order valence-electron chi connectivity index (χ1n) is 23.0. The molecule has 1 aliphatic carbocycles. The van der Waals surface area contributed by atoms with Gasteiger partial charge in [0.25, 0.3) is 0 Å². The summed E-state index contributed by atoms with van der Waals surface area (Å²) in [7, 11) is 0. The van der Waals surface area contributed by atoms with Crippen LogP contribution in [-0.2, 0) is 15.8 Å². The summed E-state index contributed by atoms with van der Waals surface area (Å²) in [6.45, 7) is 29.4. The van der Waals surface area contributed by atoms with E-state index >= 15 is 0 Å². The number of aliphatic imine (C=N–C) groups is 1. The largest absolute Gasteiger partial charge is 0.464 e. The Hall–Kier alpha value is -6.46. The third-order valence-corrected chi connectivity index (χ3v) is 15.2. The third-order valence-electron chi connectivity index (χ3n) is 15.2. The van der Waals surface area contributed by atoms with E-state index in [9.17, 15) is 0 Å². The van der Waals surface area contributed by atoms with Gasteiger partial charge in [-0.1, -0.05) is 70.5 Å². The molecule has 5 nitrogen and oxygen atoms in total. The standard InChI is InChI=1S/C59H58N4O/c1-31(2)39-26-40(57-61-55-48-24-33(4)35(6)37(8)53(48)54-38(9)36(7)34(5)25-49(54)59(55,13)64-57)28-43(27-39)62-50-20-16-32(3)23-46(50)44-19-18-42(30-52(44)62)63-51-21-17-41(58(10,11)12)29-47(51)45-15-14-22-60-56(45)63/h14-31,55H,1-13H3/t55-,59+/m1/s1. The summed E-state index contributed by atoms with van der Waals surface area (Å²) in [5.74, 6) is 0.972. The van der Waals surface area contributed by atoms with Crippen LogP contribution in [0.25, 0.3) is 66.2 Å². The van der Waals surface area contributed by atoms with Crippen molar-refractivity contribution in [2.24, 2.45) is 4.99 Å². The number of rotatable bonds is 4. The Kier molecular flexibility index (Phi) is 8.68. The van der Waals surface area contributed by atoms with Crippen molar-refractivity contribution in [3.05, 3.63) is 170 Å². The van der Waals surface area contributed by atoms with Crippen LogP contribution in [0, 0.1) is 48.5 Å². The lowest BCUT2D eigenvalue weighted by Crippen LogP contribution is -2.34. The molecule has 0 saturated carbocycles. The lowest BCUT2D eigenvalue weighted by Gasteiger charge is -2.40. The van der Waals surface area contributed by atoms with Crippen LogP contribution in [0.2, 0.25) is 0 Å². The molecule has 0 fully saturated rings. The molecule has 0 spiro atoms. The molecule has 2 aliphatic rings. The molecule has 9 aromatic rings. The Morgan fingerprint density at radius 2 is 1.33 bits per heavy atom. The molecule has 0 saturated heterocycles. The van der Waals surface area contributed by atoms with E-state index in [1.807, 2.05) is 6.20 Å². The zero-order valence-electron chi connectivity index (χ0n) is 39.7. The molecule has 6 aromatic carbocycles. The lowest BCUT2D eigenvalue weighted by molar-refractivity contribution is 0.0725. The van der Waals surface area contributed by atoms with Crippen molar-refractivity contribution in [1.29, 1.82) is 0 Å². The van der Waals surface area contributed by atoms with E-state index in [1.54, 1.807) is 0 Å². The van der Waals surface area contributed by atoms with Crippen LogP contribution < -0.4 is 0 Å². The first kappa shape index (κ1) is 40.3. The number of nitrogens with zero attached hydrogens (tertiary/aromatic N) is 4. The van der Waals surface area contributed by atoms with Gasteiger partial charge < -0.3 is 9.30 Å². The number of fused-ring (bicyclic) bond motifs is 12. The molecule has 3 aromatic heterocycles. The number of aryl methyl sites for hydroxylation is 3. The van der Waals surface area contributed by atoms with Crippen LogP contribution in [0.5, 0.6) is 0 Å². The Morgan fingerprint density at radius 3 is 2.08 bits per heavy atom. The Balaban J connectivity index is 1.14. The topological polar surface area (TPSA) is 44.3 Å². The van der Waals surface area contributed by atoms with E-state index in [2.05, 4.69) is 196 Å². The number of benzene rings is 6. The van der Waals surface area contributed by atoms with E-state index < -0.39 is 5.60 Å². The molecule has 0 unspecified atom stereocenters. The van der Waals surface area contributed by atoms with Gasteiger partial charge in [0, 0.05) is 50.2 Å². The predicted molar refractivity (Wildman–Crippen MR) is 268 cm³/mol. The fourth-order valence-corrected chi connectivity index (χ4v) is 11.0. The molecule has 0 radical (unpaired) electrons. The number of pyridine rings is 1. The van der Waals surface area contributed by atoms with Gasteiger partial charge in [-0.15, -0.1) is 0 Å². The Bertz CT molecular complexity index is 3530. The molecular formula is C59H58N4O. The average molecular weight is 839 g/mol. The van der Waals surface area contributed by atoms with Crippen molar-refractivity contribution < 1.29 is 4.74 Å². The van der Waals surface area contributed by atoms with Gasteiger partial charge in [-0.25, -0.2) is 9.98 Å². The summed E-state index contributed by atoms with van der Waals surface area (Å²) in [6, 6.07) is 36.6. The number of hydrogen-bond donors (Lipinski definition) is 0. The molecule has 320 valence electrons. The highest BCUT2D eigenvalue weighted by molar-refractivity contribution is 6.12. The van der Waals surface area contributed by atoms with E-state index in [0.29, 0.717) is 5.90 Å². The van der Waals surface area contributed by atoms with Gasteiger partial charge >= 0.3 is 0 Å². The van der Waals surface area contributed by atoms with Crippen molar-refractivity contribution in [3.63, 3.8) is 0 Å². The van der Waals surface area contributed by atoms with Crippen molar-refractivity contribution in [1.82, 2.24) is 14.1 Å². The van der Waals surface area contributed by atoms with E-state index in [-0.39, 0.29) is 17.4 Å². The zero-order chi connectivity index (χ0) is 44.9. The van der Waals surface area contributed by atoms with Crippen LogP contribution in [0.1, 0.15) is 120 Å². The minimum absolute atomic E-state index is 0.0282. The summed E-state index contributed by atoms with van der Waals surface area (Å²) >= 11 is 0. The fraction of sp³-hybridized carbons (Fsp3) is 0.288. The first-order chi connectivity index (χ1) is 30.4. The number of ether oxygens (including phenoxy) is 1. The van der Waals surface area contributed by atoms with Gasteiger partial charge in [0.05, 0.1) is 16.6 Å². The summed E-state index contributed by atoms with van der Waals surface area (Å²) in [4.78, 5) is 10.7. The average Bonchev–Trinajstić information content (AvgIpc) is 3.91. The maximum Gasteiger partial charge on any atom is 0.217 e. The van der Waals surface area contributed by atoms with Gasteiger partial charge in [-0.3, -0.25) is 4.57 Å². The predicted octanol–water partition coefficient (Wildman–Crippen LogP) is 15.3. The number of hydrogen-bond acceptors (Lipinski definition) is 3. The second kappa shape index (κ2) is 13.8. The lowest BCUT2D eigenvalue weighted by atomic mass is 9.69. The highest BCUT2D eigenvalue weighted by Gasteiger charge is 2.51. The summed E-state index contributed by atoms with van der Waals surface area (Å²) in [6.07, 6.45) is 1.91. The van der Waals surface area contributed by atoms with Crippen LogP contribution in [0.3, 0.4) is 0 Å². The second-order valence-electron chi connectivity index (χ2n) is 20.5. The molecule has 1 aliphatic heterocycles. The second-order valence-corrected chi connectivity index (χ2v) is 20.5. The first-order valence-corrected chi connectivity index (χ1v) is 23.0. The molecule has 0 N–H and O–H groups in total. The van der Waals surface area contributed by atoms with Crippen LogP contribution in [-0.4, -0.2) is 20.0 Å². The highest BCUT2D eigenvalue weighted by Crippen LogP contribution is 2.58.